The number of urea groups is 1. The molecule has 0 atom stereocenters. The molecular weight excluding hydrogens is 392 g/mol. The number of carbonyl (C=O) groups excluding carboxylic acids is 2. The SMILES string of the molecule is Cc1cc(C)c(C(=O)NC2=CC=C(NC(=O)Nc3cc(C(C)(C)C)on3)CC2)c(C)c1. The van der Waals surface area contributed by atoms with E-state index in [4.69, 9.17) is 4.52 Å². The summed E-state index contributed by atoms with van der Waals surface area (Å²) in [7, 11) is 0. The van der Waals surface area contributed by atoms with E-state index >= 15 is 0 Å². The number of carbonyl (C=O) groups is 2. The predicted molar refractivity (Wildman–Crippen MR) is 121 cm³/mol. The smallest absolute Gasteiger partial charge is 0.324 e. The summed E-state index contributed by atoms with van der Waals surface area (Å²) in [5.41, 5.74) is 5.17. The molecule has 3 amide bonds. The minimum Gasteiger partial charge on any atom is -0.359 e. The molecule has 0 spiro atoms. The Bertz CT molecular complexity index is 1050. The van der Waals surface area contributed by atoms with Crippen molar-refractivity contribution in [3.05, 3.63) is 69.8 Å². The van der Waals surface area contributed by atoms with Crippen molar-refractivity contribution in [2.24, 2.45) is 0 Å². The molecule has 2 aromatic rings. The van der Waals surface area contributed by atoms with Gasteiger partial charge in [0.25, 0.3) is 5.91 Å². The molecular formula is C24H30N4O3. The first kappa shape index (κ1) is 22.3. The Kier molecular flexibility index (Phi) is 6.34. The van der Waals surface area contributed by atoms with Gasteiger partial charge in [-0.15, -0.1) is 0 Å². The Balaban J connectivity index is 1.59. The summed E-state index contributed by atoms with van der Waals surface area (Å²) in [5, 5.41) is 12.4. The van der Waals surface area contributed by atoms with Crippen molar-refractivity contribution in [3.63, 3.8) is 0 Å². The zero-order valence-electron chi connectivity index (χ0n) is 19.0. The van der Waals surface area contributed by atoms with Gasteiger partial charge in [-0.25, -0.2) is 4.79 Å². The van der Waals surface area contributed by atoms with Gasteiger partial charge in [0.1, 0.15) is 5.76 Å². The van der Waals surface area contributed by atoms with E-state index in [9.17, 15) is 9.59 Å². The van der Waals surface area contributed by atoms with E-state index in [2.05, 4.69) is 21.1 Å². The molecule has 0 saturated heterocycles. The number of aryl methyl sites for hydroxylation is 3. The lowest BCUT2D eigenvalue weighted by molar-refractivity contribution is 0.0963. The Morgan fingerprint density at radius 1 is 0.903 bits per heavy atom. The summed E-state index contributed by atoms with van der Waals surface area (Å²) in [4.78, 5) is 25.0. The lowest BCUT2D eigenvalue weighted by Gasteiger charge is -2.18. The number of hydrogen-bond donors (Lipinski definition) is 3. The maximum Gasteiger partial charge on any atom is 0.324 e. The van der Waals surface area contributed by atoms with E-state index in [0.717, 1.165) is 28.1 Å². The largest absolute Gasteiger partial charge is 0.359 e. The zero-order valence-corrected chi connectivity index (χ0v) is 19.0. The molecule has 0 bridgehead atoms. The number of nitrogens with one attached hydrogen (secondary N) is 3. The van der Waals surface area contributed by atoms with Crippen molar-refractivity contribution >= 4 is 17.8 Å². The number of anilines is 1. The average molecular weight is 423 g/mol. The third-order valence-corrected chi connectivity index (χ3v) is 5.09. The highest BCUT2D eigenvalue weighted by Crippen LogP contribution is 2.24. The van der Waals surface area contributed by atoms with Gasteiger partial charge in [0.2, 0.25) is 0 Å². The second-order valence-corrected chi connectivity index (χ2v) is 9.02. The predicted octanol–water partition coefficient (Wildman–Crippen LogP) is 5.01. The molecule has 164 valence electrons. The average Bonchev–Trinajstić information content (AvgIpc) is 3.11. The van der Waals surface area contributed by atoms with Crippen LogP contribution in [0, 0.1) is 20.8 Å². The number of hydrogen-bond acceptors (Lipinski definition) is 4. The standard InChI is InChI=1S/C24H30N4O3/c1-14-11-15(2)21(16(3)12-14)22(29)25-17-7-9-18(10-8-17)26-23(30)27-20-13-19(31-28-20)24(4,5)6/h7,9,11-13H,8,10H2,1-6H3,(H,25,29)(H2,26,27,28,30). The third-order valence-electron chi connectivity index (χ3n) is 5.09. The summed E-state index contributed by atoms with van der Waals surface area (Å²) in [5.74, 6) is 0.956. The van der Waals surface area contributed by atoms with Crippen LogP contribution in [0.25, 0.3) is 0 Å². The maximum atomic E-state index is 12.7. The third kappa shape index (κ3) is 5.63. The maximum absolute atomic E-state index is 12.7. The van der Waals surface area contributed by atoms with E-state index < -0.39 is 0 Å². The van der Waals surface area contributed by atoms with Crippen molar-refractivity contribution in [3.8, 4) is 0 Å². The van der Waals surface area contributed by atoms with Crippen molar-refractivity contribution in [1.82, 2.24) is 15.8 Å². The zero-order chi connectivity index (χ0) is 22.8. The van der Waals surface area contributed by atoms with Crippen LogP contribution in [0.15, 0.2) is 46.3 Å². The van der Waals surface area contributed by atoms with Crippen LogP contribution < -0.4 is 16.0 Å². The second-order valence-electron chi connectivity index (χ2n) is 9.02. The van der Waals surface area contributed by atoms with Crippen LogP contribution in [0.2, 0.25) is 0 Å². The van der Waals surface area contributed by atoms with Crippen LogP contribution >= 0.6 is 0 Å². The fraction of sp³-hybridized carbons (Fsp3) is 0.375. The Morgan fingerprint density at radius 2 is 1.48 bits per heavy atom. The van der Waals surface area contributed by atoms with Gasteiger partial charge in [0.15, 0.2) is 5.82 Å². The Labute approximate surface area is 183 Å². The van der Waals surface area contributed by atoms with Gasteiger partial charge in [0.05, 0.1) is 0 Å². The van der Waals surface area contributed by atoms with Gasteiger partial charge < -0.3 is 15.2 Å². The normalized spacial score (nSPS) is 13.9. The van der Waals surface area contributed by atoms with Crippen LogP contribution in [0.1, 0.15) is 66.4 Å². The van der Waals surface area contributed by atoms with Gasteiger partial charge in [-0.1, -0.05) is 43.6 Å². The fourth-order valence-electron chi connectivity index (χ4n) is 3.57. The lowest BCUT2D eigenvalue weighted by atomic mass is 9.93. The van der Waals surface area contributed by atoms with Crippen molar-refractivity contribution < 1.29 is 14.1 Å². The van der Waals surface area contributed by atoms with Crippen molar-refractivity contribution in [2.45, 2.75) is 59.8 Å². The van der Waals surface area contributed by atoms with Crippen LogP contribution in [0.5, 0.6) is 0 Å². The van der Waals surface area contributed by atoms with E-state index in [1.165, 1.54) is 0 Å². The minimum atomic E-state index is -0.383. The number of benzene rings is 1. The van der Waals surface area contributed by atoms with Crippen LogP contribution in [-0.2, 0) is 5.41 Å². The molecule has 31 heavy (non-hydrogen) atoms. The molecule has 1 heterocycles. The summed E-state index contributed by atoms with van der Waals surface area (Å²) < 4.78 is 5.27. The summed E-state index contributed by atoms with van der Waals surface area (Å²) in [6, 6.07) is 5.36. The molecule has 1 aliphatic carbocycles. The highest BCUT2D eigenvalue weighted by molar-refractivity contribution is 5.98. The number of allylic oxidation sites excluding steroid dienone is 4. The van der Waals surface area contributed by atoms with E-state index in [1.54, 1.807) is 12.1 Å². The number of amides is 3. The molecule has 7 heteroatoms. The first-order valence-electron chi connectivity index (χ1n) is 10.4. The van der Waals surface area contributed by atoms with Crippen molar-refractivity contribution in [2.75, 3.05) is 5.32 Å². The summed E-state index contributed by atoms with van der Waals surface area (Å²) in [6.45, 7) is 11.9. The molecule has 1 aromatic carbocycles. The molecule has 0 aliphatic heterocycles. The van der Waals surface area contributed by atoms with Gasteiger partial charge >= 0.3 is 6.03 Å². The van der Waals surface area contributed by atoms with E-state index in [0.29, 0.717) is 30.0 Å². The molecule has 0 unspecified atom stereocenters. The quantitative estimate of drug-likeness (QED) is 0.645. The summed E-state index contributed by atoms with van der Waals surface area (Å²) in [6.07, 6.45) is 4.86. The molecule has 7 nitrogen and oxygen atoms in total. The molecule has 3 rings (SSSR count). The Morgan fingerprint density at radius 3 is 2.00 bits per heavy atom. The van der Waals surface area contributed by atoms with Gasteiger partial charge in [-0.3, -0.25) is 10.1 Å². The van der Waals surface area contributed by atoms with Gasteiger partial charge in [-0.05, 0) is 56.9 Å². The fourth-order valence-corrected chi connectivity index (χ4v) is 3.57. The van der Waals surface area contributed by atoms with E-state index in [1.807, 2.05) is 59.8 Å². The summed E-state index contributed by atoms with van der Waals surface area (Å²) >= 11 is 0. The molecule has 1 aromatic heterocycles. The second kappa shape index (κ2) is 8.79. The first-order valence-corrected chi connectivity index (χ1v) is 10.4. The first-order chi connectivity index (χ1) is 14.5. The molecule has 0 saturated carbocycles. The lowest BCUT2D eigenvalue weighted by Crippen LogP contribution is -2.30. The van der Waals surface area contributed by atoms with E-state index in [-0.39, 0.29) is 17.4 Å². The van der Waals surface area contributed by atoms with Crippen LogP contribution in [-0.4, -0.2) is 17.1 Å². The van der Waals surface area contributed by atoms with Gasteiger partial charge in [0, 0.05) is 28.4 Å². The van der Waals surface area contributed by atoms with Crippen LogP contribution in [0.3, 0.4) is 0 Å². The monoisotopic (exact) mass is 422 g/mol. The van der Waals surface area contributed by atoms with Crippen LogP contribution in [0.4, 0.5) is 10.6 Å². The highest BCUT2D eigenvalue weighted by atomic mass is 16.5. The molecule has 0 fully saturated rings. The number of aromatic nitrogens is 1. The van der Waals surface area contributed by atoms with Gasteiger partial charge in [-0.2, -0.15) is 0 Å². The molecule has 3 N–H and O–H groups in total. The Hall–Kier alpha value is -3.35. The molecule has 0 radical (unpaired) electrons. The number of nitrogens with zero attached hydrogens (tertiary/aromatic N) is 1. The number of rotatable bonds is 4. The topological polar surface area (TPSA) is 96.3 Å². The minimum absolute atomic E-state index is 0.107. The van der Waals surface area contributed by atoms with Crippen molar-refractivity contribution in [1.29, 1.82) is 0 Å². The molecule has 1 aliphatic rings. The highest BCUT2D eigenvalue weighted by Gasteiger charge is 2.21.